The van der Waals surface area contributed by atoms with Crippen molar-refractivity contribution in [2.24, 2.45) is 0 Å². The zero-order chi connectivity index (χ0) is 44.1. The number of benzene rings is 8. The van der Waals surface area contributed by atoms with Crippen molar-refractivity contribution < 1.29 is 0 Å². The lowest BCUT2D eigenvalue weighted by Gasteiger charge is -2.48. The predicted molar refractivity (Wildman–Crippen MR) is 275 cm³/mol. The molecule has 314 valence electrons. The highest BCUT2D eigenvalue weighted by Gasteiger charge is 2.47. The molecule has 2 heterocycles. The van der Waals surface area contributed by atoms with Crippen LogP contribution in [-0.4, -0.2) is 6.71 Å². The lowest BCUT2D eigenvalue weighted by atomic mass is 9.33. The molecule has 2 nitrogen and oxygen atoms in total. The van der Waals surface area contributed by atoms with E-state index in [0.717, 1.165) is 18.5 Å². The number of anilines is 6. The highest BCUT2D eigenvalue weighted by Crippen LogP contribution is 2.52. The molecular weight excluding hydrogens is 771 g/mol. The summed E-state index contributed by atoms with van der Waals surface area (Å²) < 4.78 is 0. The van der Waals surface area contributed by atoms with Gasteiger partial charge in [-0.05, 0) is 151 Å². The van der Waals surface area contributed by atoms with Crippen molar-refractivity contribution >= 4 is 57.2 Å². The van der Waals surface area contributed by atoms with Crippen LogP contribution in [0.5, 0.6) is 0 Å². The van der Waals surface area contributed by atoms with Crippen LogP contribution in [0.2, 0.25) is 0 Å². The van der Waals surface area contributed by atoms with Crippen molar-refractivity contribution in [2.75, 3.05) is 9.80 Å². The summed E-state index contributed by atoms with van der Waals surface area (Å²) in [5.41, 5.74) is 24.4. The van der Waals surface area contributed by atoms with E-state index in [-0.39, 0.29) is 23.0 Å². The molecule has 0 atom stereocenters. The second-order valence-corrected chi connectivity index (χ2v) is 20.9. The van der Waals surface area contributed by atoms with E-state index in [1.54, 1.807) is 0 Å². The monoisotopic (exact) mass is 828 g/mol. The summed E-state index contributed by atoms with van der Waals surface area (Å²) in [4.78, 5) is 5.23. The van der Waals surface area contributed by atoms with Crippen LogP contribution in [-0.2, 0) is 16.2 Å². The van der Waals surface area contributed by atoms with Crippen molar-refractivity contribution in [1.29, 1.82) is 0 Å². The minimum absolute atomic E-state index is 0.0127. The topological polar surface area (TPSA) is 6.48 Å². The second-order valence-electron chi connectivity index (χ2n) is 20.9. The normalized spacial score (nSPS) is 15.5. The lowest BCUT2D eigenvalue weighted by molar-refractivity contribution is 0.332. The number of fused-ring (bicyclic) bond motifs is 5. The third-order valence-corrected chi connectivity index (χ3v) is 14.7. The number of hydrogen-bond acceptors (Lipinski definition) is 2. The van der Waals surface area contributed by atoms with E-state index >= 15 is 0 Å². The van der Waals surface area contributed by atoms with Gasteiger partial charge in [-0.3, -0.25) is 0 Å². The quantitative estimate of drug-likeness (QED) is 0.160. The first-order valence-electron chi connectivity index (χ1n) is 23.3. The Hall–Kier alpha value is -6.58. The molecule has 0 unspecified atom stereocenters. The Morgan fingerprint density at radius 3 is 1.61 bits per heavy atom. The highest BCUT2D eigenvalue weighted by molar-refractivity contribution is 7.00. The first kappa shape index (κ1) is 40.2. The smallest absolute Gasteiger partial charge is 0.252 e. The molecule has 0 N–H and O–H groups in total. The van der Waals surface area contributed by atoms with Crippen LogP contribution >= 0.6 is 0 Å². The summed E-state index contributed by atoms with van der Waals surface area (Å²) in [5, 5.41) is 0. The summed E-state index contributed by atoms with van der Waals surface area (Å²) in [6.45, 7) is 19.2. The molecule has 3 aliphatic rings. The van der Waals surface area contributed by atoms with Crippen LogP contribution < -0.4 is 26.2 Å². The summed E-state index contributed by atoms with van der Waals surface area (Å²) in [5.74, 6) is 0. The van der Waals surface area contributed by atoms with E-state index in [1.165, 1.54) is 100 Å². The van der Waals surface area contributed by atoms with Crippen LogP contribution in [0, 0.1) is 6.92 Å². The van der Waals surface area contributed by atoms with Gasteiger partial charge in [-0.25, -0.2) is 0 Å². The van der Waals surface area contributed by atoms with Crippen molar-refractivity contribution in [3.8, 4) is 33.4 Å². The number of rotatable bonds is 5. The summed E-state index contributed by atoms with van der Waals surface area (Å²) in [6.07, 6.45) is 2.32. The standard InChI is InChI=1S/C61H57BN2/c1-40-33-56-58-57(34-40)64(53-30-28-46(59(2,3)4)37-48(53)43-23-16-11-17-24-43)55-39-50-49(60(5,6)31-32-61(50,7)8)38-52(55)62(58)51-29-27-45(42-21-14-10-15-22-42)36-54(51)63(56)47-26-18-25-44(35-47)41-19-12-9-13-20-41/h9-30,33-39H,31-32H2,1-8H3. The highest BCUT2D eigenvalue weighted by atomic mass is 15.2. The average molecular weight is 829 g/mol. The summed E-state index contributed by atoms with van der Waals surface area (Å²) in [6, 6.07) is 66.6. The maximum absolute atomic E-state index is 2.66. The molecule has 64 heavy (non-hydrogen) atoms. The average Bonchev–Trinajstić information content (AvgIpc) is 3.30. The molecule has 0 fully saturated rings. The maximum Gasteiger partial charge on any atom is 0.252 e. The van der Waals surface area contributed by atoms with E-state index in [0.29, 0.717) is 0 Å². The Kier molecular flexibility index (Phi) is 9.26. The molecule has 0 bridgehead atoms. The molecule has 3 heteroatoms. The van der Waals surface area contributed by atoms with Crippen molar-refractivity contribution in [1.82, 2.24) is 0 Å². The molecular formula is C61H57BN2. The Morgan fingerprint density at radius 2 is 0.984 bits per heavy atom. The molecule has 0 radical (unpaired) electrons. The molecule has 0 spiro atoms. The first-order chi connectivity index (χ1) is 30.8. The zero-order valence-corrected chi connectivity index (χ0v) is 38.6. The van der Waals surface area contributed by atoms with Gasteiger partial charge in [0.15, 0.2) is 0 Å². The molecule has 0 saturated heterocycles. The van der Waals surface area contributed by atoms with Crippen molar-refractivity contribution in [3.63, 3.8) is 0 Å². The third kappa shape index (κ3) is 6.54. The largest absolute Gasteiger partial charge is 0.311 e. The van der Waals surface area contributed by atoms with Crippen molar-refractivity contribution in [3.05, 3.63) is 198 Å². The Bertz CT molecular complexity index is 3100. The van der Waals surface area contributed by atoms with E-state index in [2.05, 4.69) is 241 Å². The molecule has 1 aliphatic carbocycles. The molecule has 0 saturated carbocycles. The van der Waals surface area contributed by atoms with Gasteiger partial charge in [0, 0.05) is 34.0 Å². The molecule has 2 aliphatic heterocycles. The third-order valence-electron chi connectivity index (χ3n) is 14.7. The van der Waals surface area contributed by atoms with Crippen LogP contribution in [0.1, 0.15) is 83.6 Å². The van der Waals surface area contributed by atoms with Crippen LogP contribution in [0.3, 0.4) is 0 Å². The van der Waals surface area contributed by atoms with E-state index < -0.39 is 0 Å². The fourth-order valence-electron chi connectivity index (χ4n) is 11.0. The van der Waals surface area contributed by atoms with Gasteiger partial charge >= 0.3 is 0 Å². The zero-order valence-electron chi connectivity index (χ0n) is 38.6. The Labute approximate surface area is 381 Å². The van der Waals surface area contributed by atoms with Gasteiger partial charge in [0.25, 0.3) is 6.71 Å². The van der Waals surface area contributed by atoms with Crippen LogP contribution in [0.15, 0.2) is 176 Å². The fraction of sp³-hybridized carbons (Fsp3) is 0.213. The first-order valence-corrected chi connectivity index (χ1v) is 23.3. The Balaban J connectivity index is 1.25. The van der Waals surface area contributed by atoms with Crippen LogP contribution in [0.4, 0.5) is 34.1 Å². The summed E-state index contributed by atoms with van der Waals surface area (Å²) in [7, 11) is 0. The molecule has 0 aromatic heterocycles. The summed E-state index contributed by atoms with van der Waals surface area (Å²) >= 11 is 0. The van der Waals surface area contributed by atoms with Crippen LogP contribution in [0.25, 0.3) is 33.4 Å². The SMILES string of the molecule is Cc1cc2c3c(c1)N(c1ccc(C(C)(C)C)cc1-c1ccccc1)c1cc4c(cc1B3c1ccc(-c3ccccc3)cc1N2c1cccc(-c2ccccc2)c1)C(C)(C)CCC4(C)C. The van der Waals surface area contributed by atoms with Gasteiger partial charge < -0.3 is 9.80 Å². The van der Waals surface area contributed by atoms with E-state index in [9.17, 15) is 0 Å². The molecule has 11 rings (SSSR count). The predicted octanol–water partition coefficient (Wildman–Crippen LogP) is 14.7. The fourth-order valence-corrected chi connectivity index (χ4v) is 11.0. The maximum atomic E-state index is 2.66. The van der Waals surface area contributed by atoms with Gasteiger partial charge in [-0.2, -0.15) is 0 Å². The number of aryl methyl sites for hydroxylation is 1. The number of hydrogen-bond donors (Lipinski definition) is 0. The Morgan fingerprint density at radius 1 is 0.438 bits per heavy atom. The minimum Gasteiger partial charge on any atom is -0.311 e. The van der Waals surface area contributed by atoms with E-state index in [4.69, 9.17) is 0 Å². The van der Waals surface area contributed by atoms with E-state index in [1.807, 2.05) is 0 Å². The second kappa shape index (κ2) is 14.7. The lowest BCUT2D eigenvalue weighted by Crippen LogP contribution is -2.62. The van der Waals surface area contributed by atoms with Gasteiger partial charge in [-0.15, -0.1) is 0 Å². The minimum atomic E-state index is -0.0127. The van der Waals surface area contributed by atoms with Gasteiger partial charge in [0.2, 0.25) is 0 Å². The van der Waals surface area contributed by atoms with Gasteiger partial charge in [-0.1, -0.05) is 176 Å². The molecule has 8 aromatic rings. The van der Waals surface area contributed by atoms with Crippen molar-refractivity contribution in [2.45, 2.75) is 84.5 Å². The number of nitrogens with zero attached hydrogens (tertiary/aromatic N) is 2. The molecule has 8 aromatic carbocycles. The molecule has 0 amide bonds. The van der Waals surface area contributed by atoms with Gasteiger partial charge in [0.1, 0.15) is 0 Å². The van der Waals surface area contributed by atoms with Gasteiger partial charge in [0.05, 0.1) is 5.69 Å².